The van der Waals surface area contributed by atoms with Crippen LogP contribution >= 0.6 is 11.3 Å². The van der Waals surface area contributed by atoms with Crippen LogP contribution in [0.1, 0.15) is 28.9 Å². The summed E-state index contributed by atoms with van der Waals surface area (Å²) in [7, 11) is 1.41. The summed E-state index contributed by atoms with van der Waals surface area (Å²) in [4.78, 5) is 30.7. The molecule has 1 fully saturated rings. The van der Waals surface area contributed by atoms with E-state index in [2.05, 4.69) is 4.98 Å². The summed E-state index contributed by atoms with van der Waals surface area (Å²) in [5.74, 6) is -0.292. The number of aryl methyl sites for hydroxylation is 1. The van der Waals surface area contributed by atoms with Gasteiger partial charge in [-0.2, -0.15) is 11.3 Å². The normalized spacial score (nSPS) is 15.3. The predicted octanol–water partition coefficient (Wildman–Crippen LogP) is 3.14. The lowest BCUT2D eigenvalue weighted by molar-refractivity contribution is -0.146. The summed E-state index contributed by atoms with van der Waals surface area (Å²) in [6, 6.07) is 5.76. The van der Waals surface area contributed by atoms with E-state index in [9.17, 15) is 9.59 Å². The van der Waals surface area contributed by atoms with Gasteiger partial charge in [-0.1, -0.05) is 0 Å². The first-order valence-electron chi connectivity index (χ1n) is 7.97. The van der Waals surface area contributed by atoms with Gasteiger partial charge in [-0.05, 0) is 43.3 Å². The van der Waals surface area contributed by atoms with Crippen LogP contribution < -0.4 is 0 Å². The first-order valence-corrected chi connectivity index (χ1v) is 8.91. The number of pyridine rings is 1. The van der Waals surface area contributed by atoms with Crippen molar-refractivity contribution in [2.45, 2.75) is 19.8 Å². The van der Waals surface area contributed by atoms with Crippen molar-refractivity contribution in [3.8, 4) is 11.3 Å². The minimum Gasteiger partial charge on any atom is -0.469 e. The number of aromatic nitrogens is 1. The second-order valence-electron chi connectivity index (χ2n) is 5.93. The van der Waals surface area contributed by atoms with Gasteiger partial charge in [0.05, 0.1) is 30.0 Å². The number of rotatable bonds is 3. The number of esters is 1. The van der Waals surface area contributed by atoms with E-state index in [1.165, 1.54) is 7.11 Å². The van der Waals surface area contributed by atoms with Gasteiger partial charge in [-0.15, -0.1) is 0 Å². The van der Waals surface area contributed by atoms with E-state index in [4.69, 9.17) is 4.74 Å². The van der Waals surface area contributed by atoms with Crippen LogP contribution in [-0.4, -0.2) is 42.0 Å². The molecule has 0 aliphatic carbocycles. The highest BCUT2D eigenvalue weighted by atomic mass is 32.1. The van der Waals surface area contributed by atoms with Crippen LogP contribution in [0.4, 0.5) is 0 Å². The van der Waals surface area contributed by atoms with Crippen LogP contribution in [0.3, 0.4) is 0 Å². The fourth-order valence-corrected chi connectivity index (χ4v) is 3.66. The molecule has 0 unspecified atom stereocenters. The summed E-state index contributed by atoms with van der Waals surface area (Å²) in [5, 5.41) is 4.05. The monoisotopic (exact) mass is 344 g/mol. The van der Waals surface area contributed by atoms with Crippen molar-refractivity contribution >= 4 is 23.2 Å². The van der Waals surface area contributed by atoms with Gasteiger partial charge in [0, 0.05) is 24.0 Å². The van der Waals surface area contributed by atoms with Crippen LogP contribution in [0.5, 0.6) is 0 Å². The third kappa shape index (κ3) is 3.33. The molecule has 0 bridgehead atoms. The molecular weight excluding hydrogens is 324 g/mol. The molecule has 5 nitrogen and oxygen atoms in total. The molecule has 0 atom stereocenters. The van der Waals surface area contributed by atoms with E-state index in [1.54, 1.807) is 16.2 Å². The summed E-state index contributed by atoms with van der Waals surface area (Å²) in [6.45, 7) is 3.01. The Kier molecular flexibility index (Phi) is 4.94. The number of methoxy groups -OCH3 is 1. The Hall–Kier alpha value is -2.21. The third-order valence-corrected chi connectivity index (χ3v) is 5.13. The maximum absolute atomic E-state index is 12.7. The van der Waals surface area contributed by atoms with Crippen molar-refractivity contribution < 1.29 is 14.3 Å². The number of nitrogens with zero attached hydrogens (tertiary/aromatic N) is 2. The topological polar surface area (TPSA) is 59.5 Å². The molecule has 0 N–H and O–H groups in total. The van der Waals surface area contributed by atoms with Gasteiger partial charge in [0.1, 0.15) is 0 Å². The van der Waals surface area contributed by atoms with Crippen molar-refractivity contribution in [2.75, 3.05) is 20.2 Å². The van der Waals surface area contributed by atoms with Crippen molar-refractivity contribution in [1.82, 2.24) is 9.88 Å². The SMILES string of the molecule is COC(=O)C1CCN(C(=O)c2ccc(-c3ccsc3)nc2C)CC1. The zero-order valence-corrected chi connectivity index (χ0v) is 14.6. The average molecular weight is 344 g/mol. The van der Waals surface area contributed by atoms with Crippen LogP contribution in [-0.2, 0) is 9.53 Å². The van der Waals surface area contributed by atoms with Gasteiger partial charge in [0.25, 0.3) is 5.91 Å². The molecule has 0 spiro atoms. The molecule has 2 aromatic heterocycles. The lowest BCUT2D eigenvalue weighted by atomic mass is 9.96. The standard InChI is InChI=1S/C18H20N2O3S/c1-12-15(3-4-16(19-12)14-7-10-24-11-14)17(21)20-8-5-13(6-9-20)18(22)23-2/h3-4,7,10-11,13H,5-6,8-9H2,1-2H3. The van der Waals surface area contributed by atoms with E-state index >= 15 is 0 Å². The number of piperidine rings is 1. The summed E-state index contributed by atoms with van der Waals surface area (Å²) >= 11 is 1.62. The smallest absolute Gasteiger partial charge is 0.308 e. The molecule has 1 aliphatic heterocycles. The summed E-state index contributed by atoms with van der Waals surface area (Å²) in [5.41, 5.74) is 3.32. The molecule has 1 amide bonds. The third-order valence-electron chi connectivity index (χ3n) is 4.45. The predicted molar refractivity (Wildman–Crippen MR) is 92.9 cm³/mol. The second-order valence-corrected chi connectivity index (χ2v) is 6.71. The van der Waals surface area contributed by atoms with E-state index in [-0.39, 0.29) is 17.8 Å². The van der Waals surface area contributed by atoms with Crippen LogP contribution in [0.2, 0.25) is 0 Å². The van der Waals surface area contributed by atoms with E-state index in [0.29, 0.717) is 31.5 Å². The van der Waals surface area contributed by atoms with Gasteiger partial charge >= 0.3 is 5.97 Å². The molecular formula is C18H20N2O3S. The Morgan fingerprint density at radius 1 is 1.25 bits per heavy atom. The second kappa shape index (κ2) is 7.13. The van der Waals surface area contributed by atoms with E-state index < -0.39 is 0 Å². The Balaban J connectivity index is 1.71. The van der Waals surface area contributed by atoms with E-state index in [1.807, 2.05) is 35.9 Å². The number of carbonyl (C=O) groups excluding carboxylic acids is 2. The number of hydrogen-bond acceptors (Lipinski definition) is 5. The Labute approximate surface area is 145 Å². The maximum atomic E-state index is 12.7. The van der Waals surface area contributed by atoms with Gasteiger partial charge in [-0.3, -0.25) is 14.6 Å². The number of carbonyl (C=O) groups is 2. The highest BCUT2D eigenvalue weighted by Crippen LogP contribution is 2.24. The quantitative estimate of drug-likeness (QED) is 0.803. The zero-order chi connectivity index (χ0) is 17.1. The average Bonchev–Trinajstić information content (AvgIpc) is 3.15. The maximum Gasteiger partial charge on any atom is 0.308 e. The largest absolute Gasteiger partial charge is 0.469 e. The molecule has 3 heterocycles. The van der Waals surface area contributed by atoms with Gasteiger partial charge in [-0.25, -0.2) is 0 Å². The molecule has 126 valence electrons. The van der Waals surface area contributed by atoms with Gasteiger partial charge < -0.3 is 9.64 Å². The zero-order valence-electron chi connectivity index (χ0n) is 13.8. The van der Waals surface area contributed by atoms with Crippen molar-refractivity contribution in [3.05, 3.63) is 40.2 Å². The molecule has 2 aromatic rings. The molecule has 0 saturated carbocycles. The lowest BCUT2D eigenvalue weighted by Gasteiger charge is -2.31. The fourth-order valence-electron chi connectivity index (χ4n) is 3.01. The Morgan fingerprint density at radius 2 is 2.00 bits per heavy atom. The first kappa shape index (κ1) is 16.6. The Bertz CT molecular complexity index is 735. The molecule has 0 aromatic carbocycles. The van der Waals surface area contributed by atoms with Crippen LogP contribution in [0.25, 0.3) is 11.3 Å². The number of thiophene rings is 1. The lowest BCUT2D eigenvalue weighted by Crippen LogP contribution is -2.40. The van der Waals surface area contributed by atoms with Gasteiger partial charge in [0.15, 0.2) is 0 Å². The van der Waals surface area contributed by atoms with Crippen molar-refractivity contribution in [3.63, 3.8) is 0 Å². The van der Waals surface area contributed by atoms with E-state index in [0.717, 1.165) is 17.0 Å². The minimum atomic E-state index is -0.180. The molecule has 1 aliphatic rings. The van der Waals surface area contributed by atoms with Crippen molar-refractivity contribution in [2.24, 2.45) is 5.92 Å². The number of hydrogen-bond donors (Lipinski definition) is 0. The highest BCUT2D eigenvalue weighted by molar-refractivity contribution is 7.08. The molecule has 1 saturated heterocycles. The summed E-state index contributed by atoms with van der Waals surface area (Å²) in [6.07, 6.45) is 1.30. The molecule has 3 rings (SSSR count). The highest BCUT2D eigenvalue weighted by Gasteiger charge is 2.29. The van der Waals surface area contributed by atoms with Gasteiger partial charge in [0.2, 0.25) is 0 Å². The Morgan fingerprint density at radius 3 is 2.58 bits per heavy atom. The molecule has 0 radical (unpaired) electrons. The number of ether oxygens (including phenoxy) is 1. The molecule has 24 heavy (non-hydrogen) atoms. The fraction of sp³-hybridized carbons (Fsp3) is 0.389. The first-order chi connectivity index (χ1) is 11.6. The van der Waals surface area contributed by atoms with Crippen LogP contribution in [0.15, 0.2) is 29.0 Å². The minimum absolute atomic E-state index is 0.0137. The molecule has 6 heteroatoms. The van der Waals surface area contributed by atoms with Crippen molar-refractivity contribution in [1.29, 1.82) is 0 Å². The van der Waals surface area contributed by atoms with Crippen LogP contribution in [0, 0.1) is 12.8 Å². The summed E-state index contributed by atoms with van der Waals surface area (Å²) < 4.78 is 4.79. The number of likely N-dealkylation sites (tertiary alicyclic amines) is 1. The number of amides is 1.